The van der Waals surface area contributed by atoms with Crippen molar-refractivity contribution >= 4 is 17.6 Å². The summed E-state index contributed by atoms with van der Waals surface area (Å²) in [6.07, 6.45) is -3.14. The van der Waals surface area contributed by atoms with Gasteiger partial charge in [-0.1, -0.05) is 12.1 Å². The Bertz CT molecular complexity index is 582. The van der Waals surface area contributed by atoms with Gasteiger partial charge in [-0.15, -0.1) is 11.3 Å². The highest BCUT2D eigenvalue weighted by molar-refractivity contribution is 7.15. The number of alkyl halides is 3. The molecule has 1 heterocycles. The van der Waals surface area contributed by atoms with E-state index < -0.39 is 11.7 Å². The van der Waals surface area contributed by atoms with E-state index in [-0.39, 0.29) is 0 Å². The summed E-state index contributed by atoms with van der Waals surface area (Å²) in [7, 11) is 0. The van der Waals surface area contributed by atoms with Crippen molar-refractivity contribution in [1.82, 2.24) is 0 Å². The monoisotopic (exact) mass is 284 g/mol. The first-order valence-electron chi connectivity index (χ1n) is 5.62. The van der Waals surface area contributed by atoms with Gasteiger partial charge in [-0.3, -0.25) is 0 Å². The maximum atomic E-state index is 12.5. The highest BCUT2D eigenvalue weighted by atomic mass is 32.1. The van der Waals surface area contributed by atoms with Gasteiger partial charge in [0.25, 0.3) is 0 Å². The van der Waals surface area contributed by atoms with Gasteiger partial charge in [-0.25, -0.2) is 0 Å². The van der Waals surface area contributed by atoms with Gasteiger partial charge in [0.2, 0.25) is 0 Å². The summed E-state index contributed by atoms with van der Waals surface area (Å²) >= 11 is 1.44. The standard InChI is InChI=1S/C14H11F3OS/c1-9-8-13(19-12(9)6-7-18)10-2-4-11(5-3-10)14(15,16)17/h2-5,7-8H,6H2,1H3. The highest BCUT2D eigenvalue weighted by Crippen LogP contribution is 2.34. The van der Waals surface area contributed by atoms with E-state index in [0.29, 0.717) is 6.42 Å². The van der Waals surface area contributed by atoms with E-state index >= 15 is 0 Å². The lowest BCUT2D eigenvalue weighted by Crippen LogP contribution is -2.03. The van der Waals surface area contributed by atoms with Gasteiger partial charge in [0.15, 0.2) is 0 Å². The second kappa shape index (κ2) is 5.17. The lowest BCUT2D eigenvalue weighted by molar-refractivity contribution is -0.137. The molecular weight excluding hydrogens is 273 g/mol. The van der Waals surface area contributed by atoms with Crippen LogP contribution in [0.2, 0.25) is 0 Å². The highest BCUT2D eigenvalue weighted by Gasteiger charge is 2.30. The van der Waals surface area contributed by atoms with Gasteiger partial charge in [0, 0.05) is 16.2 Å². The third-order valence-electron chi connectivity index (χ3n) is 2.79. The third kappa shape index (κ3) is 3.04. The summed E-state index contributed by atoms with van der Waals surface area (Å²) in [5, 5.41) is 0. The lowest BCUT2D eigenvalue weighted by atomic mass is 10.1. The van der Waals surface area contributed by atoms with Crippen molar-refractivity contribution in [3.8, 4) is 10.4 Å². The Kier molecular flexibility index (Phi) is 3.75. The molecule has 1 aromatic heterocycles. The first-order valence-corrected chi connectivity index (χ1v) is 6.44. The van der Waals surface area contributed by atoms with Crippen molar-refractivity contribution in [2.45, 2.75) is 19.5 Å². The van der Waals surface area contributed by atoms with Crippen molar-refractivity contribution in [3.05, 3.63) is 46.3 Å². The van der Waals surface area contributed by atoms with E-state index in [1.54, 1.807) is 0 Å². The summed E-state index contributed by atoms with van der Waals surface area (Å²) in [5.41, 5.74) is 1.07. The van der Waals surface area contributed by atoms with Crippen LogP contribution < -0.4 is 0 Å². The van der Waals surface area contributed by atoms with Crippen LogP contribution in [0.3, 0.4) is 0 Å². The number of halogens is 3. The Hall–Kier alpha value is -1.62. The zero-order valence-electron chi connectivity index (χ0n) is 10.1. The summed E-state index contributed by atoms with van der Waals surface area (Å²) < 4.78 is 37.4. The molecule has 0 N–H and O–H groups in total. The number of hydrogen-bond acceptors (Lipinski definition) is 2. The largest absolute Gasteiger partial charge is 0.416 e. The minimum absolute atomic E-state index is 0.344. The zero-order valence-corrected chi connectivity index (χ0v) is 10.9. The predicted molar refractivity (Wildman–Crippen MR) is 69.3 cm³/mol. The van der Waals surface area contributed by atoms with Gasteiger partial charge in [0.05, 0.1) is 5.56 Å². The predicted octanol–water partition coefficient (Wildman–Crippen LogP) is 4.48. The van der Waals surface area contributed by atoms with Gasteiger partial charge in [0.1, 0.15) is 6.29 Å². The average molecular weight is 284 g/mol. The van der Waals surface area contributed by atoms with Crippen LogP contribution in [0.4, 0.5) is 13.2 Å². The molecule has 0 radical (unpaired) electrons. The molecular formula is C14H11F3OS. The molecule has 0 saturated carbocycles. The van der Waals surface area contributed by atoms with Crippen molar-refractivity contribution in [1.29, 1.82) is 0 Å². The molecule has 0 aliphatic rings. The molecule has 0 atom stereocenters. The molecule has 0 aliphatic carbocycles. The Morgan fingerprint density at radius 1 is 1.21 bits per heavy atom. The molecule has 19 heavy (non-hydrogen) atoms. The van der Waals surface area contributed by atoms with E-state index in [4.69, 9.17) is 0 Å². The fourth-order valence-electron chi connectivity index (χ4n) is 1.76. The zero-order chi connectivity index (χ0) is 14.0. The van der Waals surface area contributed by atoms with Crippen molar-refractivity contribution < 1.29 is 18.0 Å². The molecule has 0 unspecified atom stereocenters. The number of hydrogen-bond donors (Lipinski definition) is 0. The van der Waals surface area contributed by atoms with E-state index in [0.717, 1.165) is 39.3 Å². The Labute approximate surface area is 112 Å². The molecule has 0 bridgehead atoms. The van der Waals surface area contributed by atoms with Crippen LogP contribution in [0.25, 0.3) is 10.4 Å². The Morgan fingerprint density at radius 2 is 1.84 bits per heavy atom. The van der Waals surface area contributed by atoms with Gasteiger partial charge in [-0.05, 0) is 36.2 Å². The van der Waals surface area contributed by atoms with Crippen LogP contribution in [0.1, 0.15) is 16.0 Å². The number of rotatable bonds is 3. The number of aldehydes is 1. The quantitative estimate of drug-likeness (QED) is 0.759. The Morgan fingerprint density at radius 3 is 2.37 bits per heavy atom. The smallest absolute Gasteiger partial charge is 0.303 e. The summed E-state index contributed by atoms with van der Waals surface area (Å²) in [5.74, 6) is 0. The number of thiophene rings is 1. The number of carbonyl (C=O) groups excluding carboxylic acids is 1. The van der Waals surface area contributed by atoms with E-state index in [2.05, 4.69) is 0 Å². The molecule has 0 aliphatic heterocycles. The summed E-state index contributed by atoms with van der Waals surface area (Å²) in [4.78, 5) is 12.3. The molecule has 1 nitrogen and oxygen atoms in total. The molecule has 0 fully saturated rings. The molecule has 100 valence electrons. The van der Waals surface area contributed by atoms with Crippen LogP contribution in [0.15, 0.2) is 30.3 Å². The van der Waals surface area contributed by atoms with E-state index in [9.17, 15) is 18.0 Å². The second-order valence-electron chi connectivity index (χ2n) is 4.16. The summed E-state index contributed by atoms with van der Waals surface area (Å²) in [6, 6.07) is 6.96. The van der Waals surface area contributed by atoms with Gasteiger partial charge in [-0.2, -0.15) is 13.2 Å². The van der Waals surface area contributed by atoms with Crippen molar-refractivity contribution in [2.75, 3.05) is 0 Å². The summed E-state index contributed by atoms with van der Waals surface area (Å²) in [6.45, 7) is 1.89. The van der Waals surface area contributed by atoms with Crippen LogP contribution in [0.5, 0.6) is 0 Å². The van der Waals surface area contributed by atoms with Crippen molar-refractivity contribution in [2.24, 2.45) is 0 Å². The first-order chi connectivity index (χ1) is 8.91. The molecule has 0 amide bonds. The molecule has 0 saturated heterocycles. The van der Waals surface area contributed by atoms with Crippen LogP contribution >= 0.6 is 11.3 Å². The minimum Gasteiger partial charge on any atom is -0.303 e. The van der Waals surface area contributed by atoms with Crippen molar-refractivity contribution in [3.63, 3.8) is 0 Å². The number of benzene rings is 1. The molecule has 0 spiro atoms. The SMILES string of the molecule is Cc1cc(-c2ccc(C(F)(F)F)cc2)sc1CC=O. The number of carbonyl (C=O) groups is 1. The van der Waals surface area contributed by atoms with Gasteiger partial charge >= 0.3 is 6.18 Å². The topological polar surface area (TPSA) is 17.1 Å². The van der Waals surface area contributed by atoms with E-state index in [1.807, 2.05) is 13.0 Å². The average Bonchev–Trinajstić information content (AvgIpc) is 2.71. The minimum atomic E-state index is -4.31. The molecule has 5 heteroatoms. The van der Waals surface area contributed by atoms with Gasteiger partial charge < -0.3 is 4.79 Å². The van der Waals surface area contributed by atoms with Crippen LogP contribution in [-0.4, -0.2) is 6.29 Å². The second-order valence-corrected chi connectivity index (χ2v) is 5.30. The maximum absolute atomic E-state index is 12.5. The molecule has 2 rings (SSSR count). The fourth-order valence-corrected chi connectivity index (χ4v) is 2.89. The number of aryl methyl sites for hydroxylation is 1. The van der Waals surface area contributed by atoms with E-state index in [1.165, 1.54) is 23.5 Å². The molecule has 2 aromatic rings. The van der Waals surface area contributed by atoms with Crippen LogP contribution in [0, 0.1) is 6.92 Å². The third-order valence-corrected chi connectivity index (χ3v) is 4.09. The maximum Gasteiger partial charge on any atom is 0.416 e. The Balaban J connectivity index is 2.32. The first kappa shape index (κ1) is 13.8. The molecule has 1 aromatic carbocycles. The van der Waals surface area contributed by atoms with Crippen LogP contribution in [-0.2, 0) is 17.4 Å². The normalized spacial score (nSPS) is 11.6. The fraction of sp³-hybridized carbons (Fsp3) is 0.214. The lowest BCUT2D eigenvalue weighted by Gasteiger charge is -2.06.